The lowest BCUT2D eigenvalue weighted by molar-refractivity contribution is -0.142. The second-order valence-electron chi connectivity index (χ2n) is 12.1. The summed E-state index contributed by atoms with van der Waals surface area (Å²) in [5.41, 5.74) is 2.56. The number of carboxylic acids is 1. The summed E-state index contributed by atoms with van der Waals surface area (Å²) in [5, 5.41) is 23.9. The third-order valence-corrected chi connectivity index (χ3v) is 9.32. The van der Waals surface area contributed by atoms with Gasteiger partial charge >= 0.3 is 5.97 Å². The van der Waals surface area contributed by atoms with Gasteiger partial charge < -0.3 is 15.0 Å². The summed E-state index contributed by atoms with van der Waals surface area (Å²) in [4.78, 5) is 47.2. The number of nitrogens with one attached hydrogen (secondary N) is 1. The van der Waals surface area contributed by atoms with E-state index in [-0.39, 0.29) is 30.3 Å². The molecule has 2 amide bonds. The Bertz CT molecular complexity index is 1730. The molecule has 2 N–H and O–H groups in total. The van der Waals surface area contributed by atoms with Crippen molar-refractivity contribution >= 4 is 46.1 Å². The van der Waals surface area contributed by atoms with Gasteiger partial charge in [0.25, 0.3) is 0 Å². The third-order valence-electron chi connectivity index (χ3n) is 8.68. The van der Waals surface area contributed by atoms with Crippen LogP contribution in [0.25, 0.3) is 10.8 Å². The number of aromatic nitrogens is 2. The summed E-state index contributed by atoms with van der Waals surface area (Å²) in [6.45, 7) is 6.90. The lowest BCUT2D eigenvalue weighted by Gasteiger charge is -2.38. The van der Waals surface area contributed by atoms with E-state index in [1.807, 2.05) is 64.3 Å². The number of imidazole rings is 1. The van der Waals surface area contributed by atoms with E-state index in [9.17, 15) is 24.8 Å². The van der Waals surface area contributed by atoms with E-state index in [2.05, 4.69) is 36.3 Å². The van der Waals surface area contributed by atoms with Crippen LogP contribution in [0.15, 0.2) is 79.3 Å². The first-order valence-electron chi connectivity index (χ1n) is 16.1. The molecule has 11 heteroatoms. The van der Waals surface area contributed by atoms with Crippen LogP contribution in [0.3, 0.4) is 0 Å². The number of carbonyl (C=O) groups excluding carboxylic acids is 2. The van der Waals surface area contributed by atoms with Gasteiger partial charge in [0.15, 0.2) is 0 Å². The van der Waals surface area contributed by atoms with Gasteiger partial charge in [0.05, 0.1) is 43.3 Å². The maximum absolute atomic E-state index is 13.5. The van der Waals surface area contributed by atoms with Crippen molar-refractivity contribution in [3.8, 4) is 6.07 Å². The number of aliphatic carboxylic acids is 1. The molecule has 0 radical (unpaired) electrons. The van der Waals surface area contributed by atoms with Crippen LogP contribution < -0.4 is 10.2 Å². The quantitative estimate of drug-likeness (QED) is 0.150. The minimum Gasteiger partial charge on any atom is -0.480 e. The normalized spacial score (nSPS) is 13.1. The van der Waals surface area contributed by atoms with Crippen LogP contribution in [0.2, 0.25) is 0 Å². The van der Waals surface area contributed by atoms with E-state index in [0.717, 1.165) is 28.3 Å². The first kappa shape index (κ1) is 36.2. The first-order valence-corrected chi connectivity index (χ1v) is 17.5. The largest absolute Gasteiger partial charge is 0.480 e. The molecule has 0 fully saturated rings. The van der Waals surface area contributed by atoms with Gasteiger partial charge in [-0.05, 0) is 58.4 Å². The van der Waals surface area contributed by atoms with Crippen molar-refractivity contribution in [3.05, 3.63) is 95.9 Å². The van der Waals surface area contributed by atoms with Gasteiger partial charge in [0, 0.05) is 20.0 Å². The lowest BCUT2D eigenvalue weighted by Crippen LogP contribution is -2.52. The van der Waals surface area contributed by atoms with Gasteiger partial charge in [-0.25, -0.2) is 9.78 Å². The maximum atomic E-state index is 13.5. The lowest BCUT2D eigenvalue weighted by atomic mass is 9.96. The van der Waals surface area contributed by atoms with Crippen LogP contribution in [0.4, 0.5) is 5.82 Å². The van der Waals surface area contributed by atoms with Crippen molar-refractivity contribution in [2.45, 2.75) is 58.8 Å². The Morgan fingerprint density at radius 3 is 2.48 bits per heavy atom. The number of hydrogen-bond donors (Lipinski definition) is 2. The molecule has 0 saturated heterocycles. The number of rotatable bonds is 17. The third kappa shape index (κ3) is 9.46. The molecular formula is C37H44N6O4S. The van der Waals surface area contributed by atoms with Gasteiger partial charge in [-0.15, -0.1) is 0 Å². The molecule has 0 aliphatic rings. The van der Waals surface area contributed by atoms with Crippen molar-refractivity contribution in [1.29, 1.82) is 5.26 Å². The molecule has 0 bridgehead atoms. The molecule has 1 aromatic heterocycles. The average Bonchev–Trinajstić information content (AvgIpc) is 3.53. The molecule has 1 heterocycles. The van der Waals surface area contributed by atoms with E-state index >= 15 is 0 Å². The Labute approximate surface area is 286 Å². The number of hydrogen-bond acceptors (Lipinski definition) is 7. The number of thioether (sulfide) groups is 1. The van der Waals surface area contributed by atoms with E-state index in [1.165, 1.54) is 11.8 Å². The predicted octanol–water partition coefficient (Wildman–Crippen LogP) is 5.55. The molecule has 0 aliphatic heterocycles. The molecule has 48 heavy (non-hydrogen) atoms. The molecule has 252 valence electrons. The highest BCUT2D eigenvalue weighted by molar-refractivity contribution is 7.98. The number of amides is 2. The highest BCUT2D eigenvalue weighted by atomic mass is 32.2. The summed E-state index contributed by atoms with van der Waals surface area (Å²) in [6.07, 6.45) is 6.38. The highest BCUT2D eigenvalue weighted by Gasteiger charge is 2.32. The summed E-state index contributed by atoms with van der Waals surface area (Å²) in [6, 6.07) is 22.3. The number of carboxylic acid groups (broad SMARTS) is 1. The Hall–Kier alpha value is -4.66. The summed E-state index contributed by atoms with van der Waals surface area (Å²) >= 11 is 1.53. The first-order chi connectivity index (χ1) is 23.1. The predicted molar refractivity (Wildman–Crippen MR) is 191 cm³/mol. The molecule has 3 aromatic carbocycles. The summed E-state index contributed by atoms with van der Waals surface area (Å²) in [5.74, 6) is -0.315. The minimum atomic E-state index is -1.06. The Kier molecular flexibility index (Phi) is 13.2. The fourth-order valence-corrected chi connectivity index (χ4v) is 6.40. The molecule has 0 aliphatic carbocycles. The van der Waals surface area contributed by atoms with E-state index in [4.69, 9.17) is 0 Å². The SMILES string of the molecule is CC[C@H](C)[C@@H](CN(CC(=O)N[C@@H](CCSC)C(=O)O)Cc1cccc2ccccc12)N(C(C)=O)c1cncn1Cc1ccc(C#N)cc1. The Morgan fingerprint density at radius 2 is 1.81 bits per heavy atom. The van der Waals surface area contributed by atoms with E-state index < -0.39 is 12.0 Å². The zero-order valence-corrected chi connectivity index (χ0v) is 28.8. The molecular weight excluding hydrogens is 625 g/mol. The van der Waals surface area contributed by atoms with Gasteiger partial charge in [0.1, 0.15) is 11.9 Å². The molecule has 3 atom stereocenters. The Morgan fingerprint density at radius 1 is 1.08 bits per heavy atom. The Balaban J connectivity index is 1.69. The van der Waals surface area contributed by atoms with Crippen LogP contribution in [0, 0.1) is 17.2 Å². The van der Waals surface area contributed by atoms with Gasteiger partial charge in [-0.3, -0.25) is 19.4 Å². The monoisotopic (exact) mass is 668 g/mol. The molecule has 0 unspecified atom stereocenters. The van der Waals surface area contributed by atoms with Crippen molar-refractivity contribution < 1.29 is 19.5 Å². The van der Waals surface area contributed by atoms with Gasteiger partial charge in [-0.2, -0.15) is 17.0 Å². The fraction of sp³-hybridized carbons (Fsp3) is 0.378. The van der Waals surface area contributed by atoms with Crippen molar-refractivity contribution in [2.24, 2.45) is 5.92 Å². The number of fused-ring (bicyclic) bond motifs is 1. The molecule has 10 nitrogen and oxygen atoms in total. The number of nitrogens with zero attached hydrogens (tertiary/aromatic N) is 5. The van der Waals surface area contributed by atoms with Crippen LogP contribution in [-0.4, -0.2) is 74.5 Å². The average molecular weight is 669 g/mol. The topological polar surface area (TPSA) is 132 Å². The fourth-order valence-electron chi connectivity index (χ4n) is 5.93. The smallest absolute Gasteiger partial charge is 0.326 e. The maximum Gasteiger partial charge on any atom is 0.326 e. The van der Waals surface area contributed by atoms with Gasteiger partial charge in [-0.1, -0.05) is 74.9 Å². The number of anilines is 1. The molecule has 0 spiro atoms. The number of carbonyl (C=O) groups is 3. The minimum absolute atomic E-state index is 0.0404. The van der Waals surface area contributed by atoms with Crippen molar-refractivity contribution in [1.82, 2.24) is 19.8 Å². The van der Waals surface area contributed by atoms with Crippen LogP contribution in [0.1, 0.15) is 50.3 Å². The standard InChI is InChI=1S/C37H44N6O4S/c1-5-26(2)34(43(27(3)44)36-20-39-25-42(36)21-29-15-13-28(19-38)14-16-29)23-41(24-35(45)40-33(37(46)47)17-18-48-4)22-31-11-8-10-30-9-6-7-12-32(30)31/h6-16,20,25-26,33-34H,5,17-18,21-24H2,1-4H3,(H,40,45)(H,46,47)/t26-,33-,34+/m0/s1. The van der Waals surface area contributed by atoms with Crippen LogP contribution in [0.5, 0.6) is 0 Å². The van der Waals surface area contributed by atoms with E-state index in [0.29, 0.717) is 43.2 Å². The highest BCUT2D eigenvalue weighted by Crippen LogP contribution is 2.27. The zero-order chi connectivity index (χ0) is 34.6. The molecule has 4 rings (SSSR count). The van der Waals surface area contributed by atoms with Crippen molar-refractivity contribution in [2.75, 3.05) is 30.0 Å². The van der Waals surface area contributed by atoms with E-state index in [1.54, 1.807) is 36.5 Å². The van der Waals surface area contributed by atoms with Crippen LogP contribution >= 0.6 is 11.8 Å². The number of nitriles is 1. The van der Waals surface area contributed by atoms with Crippen LogP contribution in [-0.2, 0) is 27.5 Å². The zero-order valence-electron chi connectivity index (χ0n) is 28.0. The molecule has 0 saturated carbocycles. The molecule has 4 aromatic rings. The second-order valence-corrected chi connectivity index (χ2v) is 13.1. The summed E-state index contributed by atoms with van der Waals surface area (Å²) < 4.78 is 1.92. The van der Waals surface area contributed by atoms with Gasteiger partial charge in [0.2, 0.25) is 11.8 Å². The number of benzene rings is 3. The van der Waals surface area contributed by atoms with Crippen molar-refractivity contribution in [3.63, 3.8) is 0 Å². The second kappa shape index (κ2) is 17.5. The summed E-state index contributed by atoms with van der Waals surface area (Å²) in [7, 11) is 0.